The molecule has 0 atom stereocenters. The van der Waals surface area contributed by atoms with Gasteiger partial charge in [-0.1, -0.05) is 11.6 Å². The predicted molar refractivity (Wildman–Crippen MR) is 77.3 cm³/mol. The SMILES string of the molecule is COc1nc2ccc(Cl)c(-n3cnnc3C)c2nc1OC. The van der Waals surface area contributed by atoms with E-state index in [4.69, 9.17) is 21.1 Å². The Hall–Kier alpha value is -2.41. The van der Waals surface area contributed by atoms with Gasteiger partial charge >= 0.3 is 0 Å². The maximum Gasteiger partial charge on any atom is 0.278 e. The molecule has 0 aliphatic heterocycles. The Morgan fingerprint density at radius 3 is 2.43 bits per heavy atom. The number of fused-ring (bicyclic) bond motifs is 1. The zero-order chi connectivity index (χ0) is 15.0. The van der Waals surface area contributed by atoms with Crippen LogP contribution in [0.25, 0.3) is 16.7 Å². The first-order valence-corrected chi connectivity index (χ1v) is 6.48. The summed E-state index contributed by atoms with van der Waals surface area (Å²) in [5.74, 6) is 1.30. The van der Waals surface area contributed by atoms with E-state index >= 15 is 0 Å². The van der Waals surface area contributed by atoms with Gasteiger partial charge in [0, 0.05) is 0 Å². The number of methoxy groups -OCH3 is 2. The summed E-state index contributed by atoms with van der Waals surface area (Å²) in [7, 11) is 3.02. The van der Waals surface area contributed by atoms with E-state index in [-0.39, 0.29) is 0 Å². The first kappa shape index (κ1) is 13.6. The minimum Gasteiger partial charge on any atom is -0.477 e. The van der Waals surface area contributed by atoms with Gasteiger partial charge in [-0.3, -0.25) is 4.57 Å². The van der Waals surface area contributed by atoms with Crippen LogP contribution in [0.5, 0.6) is 11.8 Å². The highest BCUT2D eigenvalue weighted by atomic mass is 35.5. The van der Waals surface area contributed by atoms with Crippen molar-refractivity contribution in [3.63, 3.8) is 0 Å². The number of benzene rings is 1. The highest BCUT2D eigenvalue weighted by Crippen LogP contribution is 2.32. The quantitative estimate of drug-likeness (QED) is 0.738. The lowest BCUT2D eigenvalue weighted by Gasteiger charge is -2.12. The van der Waals surface area contributed by atoms with Gasteiger partial charge in [0.1, 0.15) is 17.7 Å². The molecular weight excluding hydrogens is 294 g/mol. The molecular formula is C13H12ClN5O2. The molecule has 0 N–H and O–H groups in total. The summed E-state index contributed by atoms with van der Waals surface area (Å²) in [6.07, 6.45) is 1.58. The van der Waals surface area contributed by atoms with Gasteiger partial charge in [-0.05, 0) is 19.1 Å². The van der Waals surface area contributed by atoms with E-state index in [0.29, 0.717) is 39.3 Å². The Bertz CT molecular complexity index is 818. The second-order valence-electron chi connectivity index (χ2n) is 4.25. The van der Waals surface area contributed by atoms with Crippen LogP contribution in [0, 0.1) is 6.92 Å². The number of nitrogens with zero attached hydrogens (tertiary/aromatic N) is 5. The standard InChI is InChI=1S/C13H12ClN5O2/c1-7-18-15-6-19(7)11-8(14)4-5-9-10(11)17-13(21-3)12(16-9)20-2/h4-6H,1-3H3. The van der Waals surface area contributed by atoms with E-state index in [2.05, 4.69) is 20.2 Å². The number of ether oxygens (including phenoxy) is 2. The second kappa shape index (κ2) is 5.17. The van der Waals surface area contributed by atoms with E-state index in [1.54, 1.807) is 23.0 Å². The van der Waals surface area contributed by atoms with Gasteiger partial charge in [-0.2, -0.15) is 0 Å². The van der Waals surface area contributed by atoms with Crippen molar-refractivity contribution in [1.29, 1.82) is 0 Å². The van der Waals surface area contributed by atoms with Crippen molar-refractivity contribution in [2.45, 2.75) is 6.92 Å². The smallest absolute Gasteiger partial charge is 0.278 e. The van der Waals surface area contributed by atoms with Crippen LogP contribution in [-0.4, -0.2) is 39.0 Å². The van der Waals surface area contributed by atoms with E-state index in [1.165, 1.54) is 14.2 Å². The summed E-state index contributed by atoms with van der Waals surface area (Å²) in [6.45, 7) is 1.83. The molecule has 3 rings (SSSR count). The van der Waals surface area contributed by atoms with Crippen LogP contribution in [0.3, 0.4) is 0 Å². The maximum atomic E-state index is 6.32. The van der Waals surface area contributed by atoms with E-state index in [1.807, 2.05) is 6.92 Å². The molecule has 2 heterocycles. The minimum atomic E-state index is 0.291. The first-order valence-electron chi connectivity index (χ1n) is 6.11. The van der Waals surface area contributed by atoms with Crippen LogP contribution in [0.4, 0.5) is 0 Å². The molecule has 2 aromatic heterocycles. The summed E-state index contributed by atoms with van der Waals surface area (Å²) in [5, 5.41) is 8.36. The Morgan fingerprint density at radius 1 is 1.10 bits per heavy atom. The molecule has 0 saturated heterocycles. The van der Waals surface area contributed by atoms with Crippen molar-refractivity contribution >= 4 is 22.6 Å². The van der Waals surface area contributed by atoms with E-state index in [9.17, 15) is 0 Å². The molecule has 0 aliphatic carbocycles. The molecule has 8 heteroatoms. The fourth-order valence-electron chi connectivity index (χ4n) is 2.06. The third kappa shape index (κ3) is 2.15. The summed E-state index contributed by atoms with van der Waals surface area (Å²) in [5.41, 5.74) is 1.88. The zero-order valence-electron chi connectivity index (χ0n) is 11.7. The second-order valence-corrected chi connectivity index (χ2v) is 4.66. The van der Waals surface area contributed by atoms with Crippen molar-refractivity contribution in [2.75, 3.05) is 14.2 Å². The fraction of sp³-hybridized carbons (Fsp3) is 0.231. The maximum absolute atomic E-state index is 6.32. The van der Waals surface area contributed by atoms with Crippen LogP contribution in [0.2, 0.25) is 5.02 Å². The van der Waals surface area contributed by atoms with Crippen LogP contribution < -0.4 is 9.47 Å². The molecule has 0 fully saturated rings. The van der Waals surface area contributed by atoms with Crippen molar-refractivity contribution in [3.8, 4) is 17.4 Å². The normalized spacial score (nSPS) is 10.9. The van der Waals surface area contributed by atoms with E-state index < -0.39 is 0 Å². The lowest BCUT2D eigenvalue weighted by atomic mass is 10.2. The molecule has 0 unspecified atom stereocenters. The van der Waals surface area contributed by atoms with Crippen molar-refractivity contribution in [2.24, 2.45) is 0 Å². The molecule has 108 valence electrons. The van der Waals surface area contributed by atoms with Crippen LogP contribution in [0.1, 0.15) is 5.82 Å². The lowest BCUT2D eigenvalue weighted by Crippen LogP contribution is -2.03. The van der Waals surface area contributed by atoms with Gasteiger partial charge < -0.3 is 9.47 Å². The highest BCUT2D eigenvalue weighted by Gasteiger charge is 2.17. The van der Waals surface area contributed by atoms with Crippen molar-refractivity contribution < 1.29 is 9.47 Å². The molecule has 0 radical (unpaired) electrons. The fourth-order valence-corrected chi connectivity index (χ4v) is 2.30. The Labute approximate surface area is 125 Å². The third-order valence-corrected chi connectivity index (χ3v) is 3.35. The number of rotatable bonds is 3. The molecule has 1 aromatic carbocycles. The van der Waals surface area contributed by atoms with Crippen LogP contribution >= 0.6 is 11.6 Å². The molecule has 0 bridgehead atoms. The Kier molecular flexibility index (Phi) is 3.34. The first-order chi connectivity index (χ1) is 10.2. The summed E-state index contributed by atoms with van der Waals surface area (Å²) in [4.78, 5) is 8.84. The van der Waals surface area contributed by atoms with Gasteiger partial charge in [0.2, 0.25) is 0 Å². The van der Waals surface area contributed by atoms with Crippen LogP contribution in [-0.2, 0) is 0 Å². The van der Waals surface area contributed by atoms with Crippen molar-refractivity contribution in [1.82, 2.24) is 24.7 Å². The summed E-state index contributed by atoms with van der Waals surface area (Å²) >= 11 is 6.32. The van der Waals surface area contributed by atoms with Gasteiger partial charge in [-0.25, -0.2) is 9.97 Å². The number of hydrogen-bond acceptors (Lipinski definition) is 6. The van der Waals surface area contributed by atoms with Crippen LogP contribution in [0.15, 0.2) is 18.5 Å². The molecule has 3 aromatic rings. The van der Waals surface area contributed by atoms with Gasteiger partial charge in [-0.15, -0.1) is 10.2 Å². The largest absolute Gasteiger partial charge is 0.477 e. The topological polar surface area (TPSA) is 75.0 Å². The third-order valence-electron chi connectivity index (χ3n) is 3.04. The number of aromatic nitrogens is 5. The molecule has 0 aliphatic rings. The number of halogens is 1. The summed E-state index contributed by atoms with van der Waals surface area (Å²) in [6, 6.07) is 3.52. The van der Waals surface area contributed by atoms with E-state index in [0.717, 1.165) is 0 Å². The number of aryl methyl sites for hydroxylation is 1. The van der Waals surface area contributed by atoms with Crippen molar-refractivity contribution in [3.05, 3.63) is 29.3 Å². The van der Waals surface area contributed by atoms with Gasteiger partial charge in [0.05, 0.1) is 30.4 Å². The Morgan fingerprint density at radius 2 is 1.81 bits per heavy atom. The van der Waals surface area contributed by atoms with Gasteiger partial charge in [0.25, 0.3) is 11.8 Å². The number of hydrogen-bond donors (Lipinski definition) is 0. The molecule has 0 saturated carbocycles. The lowest BCUT2D eigenvalue weighted by molar-refractivity contribution is 0.334. The monoisotopic (exact) mass is 305 g/mol. The molecule has 7 nitrogen and oxygen atoms in total. The average molecular weight is 306 g/mol. The van der Waals surface area contributed by atoms with Gasteiger partial charge in [0.15, 0.2) is 0 Å². The predicted octanol–water partition coefficient (Wildman–Crippen LogP) is 2.19. The molecule has 0 spiro atoms. The summed E-state index contributed by atoms with van der Waals surface area (Å²) < 4.78 is 12.1. The zero-order valence-corrected chi connectivity index (χ0v) is 12.4. The highest BCUT2D eigenvalue weighted by molar-refractivity contribution is 6.33. The molecule has 21 heavy (non-hydrogen) atoms. The molecule has 0 amide bonds. The minimum absolute atomic E-state index is 0.291. The average Bonchev–Trinajstić information content (AvgIpc) is 2.91. The Balaban J connectivity index is 2.38.